The van der Waals surface area contributed by atoms with Gasteiger partial charge in [-0.05, 0) is 54.8 Å². The summed E-state index contributed by atoms with van der Waals surface area (Å²) in [6.45, 7) is 4.06. The van der Waals surface area contributed by atoms with Crippen LogP contribution in [0.25, 0.3) is 22.3 Å². The second kappa shape index (κ2) is 8.66. The number of nitrogens with zero attached hydrogens (tertiary/aromatic N) is 2. The number of para-hydroxylation sites is 1. The van der Waals surface area contributed by atoms with Crippen LogP contribution < -0.4 is 5.56 Å². The van der Waals surface area contributed by atoms with Crippen LogP contribution in [0.2, 0.25) is 0 Å². The number of pyridine rings is 2. The fraction of sp³-hybridized carbons (Fsp3) is 0.241. The van der Waals surface area contributed by atoms with Crippen LogP contribution in [0.3, 0.4) is 0 Å². The molecule has 7 nitrogen and oxygen atoms in total. The van der Waals surface area contributed by atoms with Crippen molar-refractivity contribution < 1.29 is 19.1 Å². The second-order valence-corrected chi connectivity index (χ2v) is 10.2. The molecule has 0 amide bonds. The Labute approximate surface area is 221 Å². The molecule has 0 spiro atoms. The molecular formula is C29H23BrN2O5. The van der Waals surface area contributed by atoms with E-state index in [4.69, 9.17) is 14.5 Å². The van der Waals surface area contributed by atoms with Crippen molar-refractivity contribution in [3.8, 4) is 11.4 Å². The fourth-order valence-electron chi connectivity index (χ4n) is 5.48. The number of aromatic nitrogens is 2. The summed E-state index contributed by atoms with van der Waals surface area (Å²) in [6.07, 6.45) is 0.904. The molecular weight excluding hydrogens is 536 g/mol. The molecule has 4 heterocycles. The monoisotopic (exact) mass is 558 g/mol. The summed E-state index contributed by atoms with van der Waals surface area (Å²) in [5.41, 5.74) is 3.32. The molecule has 0 unspecified atom stereocenters. The van der Waals surface area contributed by atoms with Crippen LogP contribution >= 0.6 is 15.9 Å². The molecule has 0 bridgehead atoms. The van der Waals surface area contributed by atoms with Gasteiger partial charge in [0.25, 0.3) is 5.56 Å². The highest BCUT2D eigenvalue weighted by atomic mass is 79.9. The SMILES string of the molecule is CCc1c2c(nc3ccccc13)-c1cc3c(c(=O)n1C2)COC(=O)[C@@]3(CC)OC(=O)c1ccc(Br)cc1. The number of halogens is 1. The molecule has 0 saturated carbocycles. The second-order valence-electron chi connectivity index (χ2n) is 9.25. The predicted octanol–water partition coefficient (Wildman–Crippen LogP) is 5.27. The molecule has 186 valence electrons. The molecule has 0 N–H and O–H groups in total. The Bertz CT molecular complexity index is 1680. The zero-order chi connectivity index (χ0) is 25.9. The Kier molecular flexibility index (Phi) is 5.53. The summed E-state index contributed by atoms with van der Waals surface area (Å²) < 4.78 is 13.8. The van der Waals surface area contributed by atoms with Gasteiger partial charge in [-0.1, -0.05) is 48.0 Å². The van der Waals surface area contributed by atoms with Gasteiger partial charge in [-0.25, -0.2) is 14.6 Å². The van der Waals surface area contributed by atoms with E-state index in [2.05, 4.69) is 28.9 Å². The first kappa shape index (κ1) is 23.6. The first-order valence-corrected chi connectivity index (χ1v) is 13.0. The number of carbonyl (C=O) groups excluding carboxylic acids is 2. The summed E-state index contributed by atoms with van der Waals surface area (Å²) >= 11 is 3.35. The first-order valence-electron chi connectivity index (χ1n) is 12.2. The highest BCUT2D eigenvalue weighted by molar-refractivity contribution is 9.10. The molecule has 2 aromatic heterocycles. The third-order valence-corrected chi connectivity index (χ3v) is 7.91. The van der Waals surface area contributed by atoms with Gasteiger partial charge >= 0.3 is 11.9 Å². The van der Waals surface area contributed by atoms with Crippen molar-refractivity contribution in [2.45, 2.75) is 45.4 Å². The maximum Gasteiger partial charge on any atom is 0.355 e. The van der Waals surface area contributed by atoms with Crippen LogP contribution in [0, 0.1) is 0 Å². The standard InChI is InChI=1S/C29H23BrN2O5/c1-3-18-19-7-5-6-8-23(19)31-25-20(18)14-32-24(25)13-22-21(26(32)33)15-36-28(35)29(22,4-2)37-27(34)16-9-11-17(30)12-10-16/h5-13H,3-4,14-15H2,1-2H3/t29-/m0/s1. The van der Waals surface area contributed by atoms with E-state index in [1.54, 1.807) is 41.8 Å². The lowest BCUT2D eigenvalue weighted by Crippen LogP contribution is -2.47. The Balaban J connectivity index is 1.55. The minimum absolute atomic E-state index is 0.113. The molecule has 8 heteroatoms. The minimum Gasteiger partial charge on any atom is -0.457 e. The average molecular weight is 559 g/mol. The predicted molar refractivity (Wildman–Crippen MR) is 141 cm³/mol. The molecule has 2 aromatic carbocycles. The zero-order valence-corrected chi connectivity index (χ0v) is 21.9. The number of benzene rings is 2. The van der Waals surface area contributed by atoms with E-state index in [1.165, 1.54) is 0 Å². The van der Waals surface area contributed by atoms with Gasteiger partial charge in [-0.2, -0.15) is 0 Å². The van der Waals surface area contributed by atoms with E-state index in [0.29, 0.717) is 28.9 Å². The highest BCUT2D eigenvalue weighted by Crippen LogP contribution is 2.42. The number of rotatable bonds is 4. The van der Waals surface area contributed by atoms with Crippen molar-refractivity contribution in [1.29, 1.82) is 0 Å². The van der Waals surface area contributed by atoms with E-state index >= 15 is 0 Å². The Morgan fingerprint density at radius 2 is 1.86 bits per heavy atom. The summed E-state index contributed by atoms with van der Waals surface area (Å²) in [5.74, 6) is -1.35. The third-order valence-electron chi connectivity index (χ3n) is 7.38. The zero-order valence-electron chi connectivity index (χ0n) is 20.3. The summed E-state index contributed by atoms with van der Waals surface area (Å²) in [7, 11) is 0. The number of carbonyl (C=O) groups is 2. The van der Waals surface area contributed by atoms with Crippen molar-refractivity contribution in [1.82, 2.24) is 9.55 Å². The number of hydrogen-bond acceptors (Lipinski definition) is 6. The highest BCUT2D eigenvalue weighted by Gasteiger charge is 2.50. The lowest BCUT2D eigenvalue weighted by molar-refractivity contribution is -0.173. The molecule has 4 aromatic rings. The van der Waals surface area contributed by atoms with Gasteiger partial charge in [0.05, 0.1) is 34.6 Å². The van der Waals surface area contributed by atoms with Gasteiger partial charge in [0, 0.05) is 21.0 Å². The van der Waals surface area contributed by atoms with E-state index in [1.807, 2.05) is 18.2 Å². The number of esters is 2. The van der Waals surface area contributed by atoms with Crippen molar-refractivity contribution in [2.75, 3.05) is 0 Å². The summed E-state index contributed by atoms with van der Waals surface area (Å²) in [6, 6.07) is 16.4. The normalized spacial score (nSPS) is 17.6. The lowest BCUT2D eigenvalue weighted by atomic mass is 9.85. The van der Waals surface area contributed by atoms with Gasteiger partial charge in [0.2, 0.25) is 5.60 Å². The van der Waals surface area contributed by atoms with Gasteiger partial charge in [0.1, 0.15) is 6.61 Å². The van der Waals surface area contributed by atoms with Crippen molar-refractivity contribution >= 4 is 38.8 Å². The van der Waals surface area contributed by atoms with Crippen LogP contribution in [0.4, 0.5) is 0 Å². The quantitative estimate of drug-likeness (QED) is 0.279. The molecule has 2 aliphatic rings. The number of aryl methyl sites for hydroxylation is 1. The minimum atomic E-state index is -1.74. The van der Waals surface area contributed by atoms with Crippen LogP contribution in [0.5, 0.6) is 0 Å². The van der Waals surface area contributed by atoms with E-state index in [9.17, 15) is 14.4 Å². The summed E-state index contributed by atoms with van der Waals surface area (Å²) in [4.78, 5) is 45.1. The molecule has 0 radical (unpaired) electrons. The van der Waals surface area contributed by atoms with E-state index in [-0.39, 0.29) is 18.6 Å². The molecule has 0 aliphatic carbocycles. The van der Waals surface area contributed by atoms with Crippen molar-refractivity contribution in [3.63, 3.8) is 0 Å². The van der Waals surface area contributed by atoms with Gasteiger partial charge in [-0.3, -0.25) is 4.79 Å². The molecule has 0 fully saturated rings. The van der Waals surface area contributed by atoms with Gasteiger partial charge in [0.15, 0.2) is 0 Å². The average Bonchev–Trinajstić information content (AvgIpc) is 3.28. The van der Waals surface area contributed by atoms with E-state index < -0.39 is 17.5 Å². The molecule has 1 atom stereocenters. The molecule has 2 aliphatic heterocycles. The number of fused-ring (bicyclic) bond motifs is 5. The smallest absolute Gasteiger partial charge is 0.355 e. The maximum absolute atomic E-state index is 13.8. The topological polar surface area (TPSA) is 87.5 Å². The Hall–Kier alpha value is -3.78. The van der Waals surface area contributed by atoms with E-state index in [0.717, 1.165) is 38.6 Å². The molecule has 37 heavy (non-hydrogen) atoms. The van der Waals surface area contributed by atoms with Gasteiger partial charge in [-0.15, -0.1) is 0 Å². The van der Waals surface area contributed by atoms with Crippen LogP contribution in [-0.2, 0) is 39.4 Å². The first-order chi connectivity index (χ1) is 17.9. The third kappa shape index (κ3) is 3.46. The maximum atomic E-state index is 13.8. The fourth-order valence-corrected chi connectivity index (χ4v) is 5.74. The Morgan fingerprint density at radius 1 is 1.11 bits per heavy atom. The van der Waals surface area contributed by atoms with Crippen LogP contribution in [0.1, 0.15) is 52.9 Å². The molecule has 0 saturated heterocycles. The lowest BCUT2D eigenvalue weighted by Gasteiger charge is -2.35. The number of ether oxygens (including phenoxy) is 2. The van der Waals surface area contributed by atoms with Gasteiger partial charge < -0.3 is 14.0 Å². The Morgan fingerprint density at radius 3 is 2.59 bits per heavy atom. The number of cyclic esters (lactones) is 1. The largest absolute Gasteiger partial charge is 0.457 e. The van der Waals surface area contributed by atoms with Crippen LogP contribution in [0.15, 0.2) is 63.9 Å². The van der Waals surface area contributed by atoms with Crippen molar-refractivity contribution in [3.05, 3.63) is 97.2 Å². The van der Waals surface area contributed by atoms with Crippen LogP contribution in [-0.4, -0.2) is 21.5 Å². The summed E-state index contributed by atoms with van der Waals surface area (Å²) in [5, 5.41) is 1.07. The van der Waals surface area contributed by atoms with Crippen molar-refractivity contribution in [2.24, 2.45) is 0 Å². The number of hydrogen-bond donors (Lipinski definition) is 0. The molecule has 6 rings (SSSR count).